The third kappa shape index (κ3) is 3.91. The SMILES string of the molecule is C=c1cc(C)n(CC(=O)Nc2ccc3c(c2)OCO3)c(=O)c1=C1N=C(c2ccccc2)NO1. The Morgan fingerprint density at radius 3 is 2.76 bits per heavy atom. The van der Waals surface area contributed by atoms with Crippen LogP contribution in [-0.4, -0.2) is 23.1 Å². The number of amidine groups is 1. The number of amides is 1. The van der Waals surface area contributed by atoms with Gasteiger partial charge in [-0.3, -0.25) is 9.59 Å². The molecule has 9 nitrogen and oxygen atoms in total. The first-order valence-electron chi connectivity index (χ1n) is 10.2. The zero-order chi connectivity index (χ0) is 22.9. The summed E-state index contributed by atoms with van der Waals surface area (Å²) in [5.74, 6) is 1.39. The molecule has 0 fully saturated rings. The lowest BCUT2D eigenvalue weighted by Crippen LogP contribution is -2.47. The van der Waals surface area contributed by atoms with Gasteiger partial charge in [-0.1, -0.05) is 36.9 Å². The summed E-state index contributed by atoms with van der Waals surface area (Å²) in [6, 6.07) is 16.2. The Labute approximate surface area is 188 Å². The van der Waals surface area contributed by atoms with Crippen LogP contribution in [0.15, 0.2) is 64.4 Å². The first-order chi connectivity index (χ1) is 16.0. The fourth-order valence-corrected chi connectivity index (χ4v) is 3.65. The summed E-state index contributed by atoms with van der Waals surface area (Å²) in [5, 5.41) is 3.43. The van der Waals surface area contributed by atoms with Gasteiger partial charge in [-0.05, 0) is 30.3 Å². The number of carbonyl (C=O) groups excluding carboxylic acids is 1. The highest BCUT2D eigenvalue weighted by Gasteiger charge is 2.19. The van der Waals surface area contributed by atoms with Crippen molar-refractivity contribution in [3.63, 3.8) is 0 Å². The monoisotopic (exact) mass is 444 g/mol. The summed E-state index contributed by atoms with van der Waals surface area (Å²) >= 11 is 0. The molecule has 2 N–H and O–H groups in total. The van der Waals surface area contributed by atoms with Crippen LogP contribution < -0.4 is 36.3 Å². The average Bonchev–Trinajstić information content (AvgIpc) is 3.47. The Kier molecular flexibility index (Phi) is 5.06. The number of rotatable bonds is 4. The number of fused-ring (bicyclic) bond motifs is 1. The minimum Gasteiger partial charge on any atom is -0.454 e. The Morgan fingerprint density at radius 2 is 1.94 bits per heavy atom. The number of carbonyl (C=O) groups is 1. The van der Waals surface area contributed by atoms with Crippen molar-refractivity contribution >= 4 is 29.9 Å². The molecule has 3 heterocycles. The molecule has 0 saturated heterocycles. The number of ether oxygens (including phenoxy) is 2. The predicted molar refractivity (Wildman–Crippen MR) is 122 cm³/mol. The van der Waals surface area contributed by atoms with E-state index < -0.39 is 5.56 Å². The number of aryl methyl sites for hydroxylation is 1. The maximum absolute atomic E-state index is 13.3. The normalized spacial score (nSPS) is 15.5. The quantitative estimate of drug-likeness (QED) is 0.622. The number of hydrogen-bond acceptors (Lipinski definition) is 7. The van der Waals surface area contributed by atoms with Crippen LogP contribution in [0, 0.1) is 6.92 Å². The number of nitrogens with one attached hydrogen (secondary N) is 2. The molecule has 1 amide bonds. The first-order valence-corrected chi connectivity index (χ1v) is 10.2. The molecule has 2 aliphatic rings. The molecular weight excluding hydrogens is 424 g/mol. The van der Waals surface area contributed by atoms with Gasteiger partial charge in [-0.2, -0.15) is 4.99 Å². The van der Waals surface area contributed by atoms with Gasteiger partial charge in [0.2, 0.25) is 12.7 Å². The molecule has 0 aliphatic carbocycles. The zero-order valence-electron chi connectivity index (χ0n) is 17.8. The van der Waals surface area contributed by atoms with Crippen LogP contribution in [0.3, 0.4) is 0 Å². The lowest BCUT2D eigenvalue weighted by atomic mass is 10.2. The summed E-state index contributed by atoms with van der Waals surface area (Å²) in [6.07, 6.45) is 0. The van der Waals surface area contributed by atoms with Crippen LogP contribution in [0.5, 0.6) is 11.5 Å². The van der Waals surface area contributed by atoms with E-state index >= 15 is 0 Å². The number of benzene rings is 2. The van der Waals surface area contributed by atoms with Gasteiger partial charge in [-0.25, -0.2) is 5.48 Å². The number of hydroxylamine groups is 1. The van der Waals surface area contributed by atoms with E-state index in [-0.39, 0.29) is 30.3 Å². The van der Waals surface area contributed by atoms with Crippen molar-refractivity contribution in [2.45, 2.75) is 13.5 Å². The third-order valence-electron chi connectivity index (χ3n) is 5.27. The van der Waals surface area contributed by atoms with Crippen LogP contribution in [0.4, 0.5) is 5.69 Å². The van der Waals surface area contributed by atoms with Crippen LogP contribution in [0.2, 0.25) is 0 Å². The van der Waals surface area contributed by atoms with E-state index in [9.17, 15) is 9.59 Å². The van der Waals surface area contributed by atoms with Crippen LogP contribution >= 0.6 is 0 Å². The third-order valence-corrected chi connectivity index (χ3v) is 5.27. The second kappa shape index (κ2) is 8.19. The Bertz CT molecular complexity index is 1460. The van der Waals surface area contributed by atoms with Gasteiger partial charge in [0.1, 0.15) is 11.8 Å². The highest BCUT2D eigenvalue weighted by molar-refractivity contribution is 6.01. The fourth-order valence-electron chi connectivity index (χ4n) is 3.65. The topological polar surface area (TPSA) is 103 Å². The van der Waals surface area contributed by atoms with Gasteiger partial charge in [0.25, 0.3) is 11.4 Å². The lowest BCUT2D eigenvalue weighted by Gasteiger charge is -2.11. The molecule has 1 aromatic heterocycles. The standard InChI is InChI=1S/C24H20N4O5/c1-14-10-15(2)28(12-20(29)25-17-8-9-18-19(11-17)32-13-31-18)24(30)21(14)23-26-22(27-33-23)16-6-4-3-5-7-16/h3-11H,1,12-13H2,2H3,(H,25,29)(H,26,27). The molecule has 166 valence electrons. The molecule has 0 radical (unpaired) electrons. The Balaban J connectivity index is 1.46. The van der Waals surface area contributed by atoms with Crippen molar-refractivity contribution in [1.82, 2.24) is 10.0 Å². The van der Waals surface area contributed by atoms with Gasteiger partial charge < -0.3 is 24.2 Å². The van der Waals surface area contributed by atoms with Crippen molar-refractivity contribution in [2.75, 3.05) is 12.1 Å². The smallest absolute Gasteiger partial charge is 0.264 e. The molecule has 5 rings (SSSR count). The van der Waals surface area contributed by atoms with E-state index in [4.69, 9.17) is 14.3 Å². The van der Waals surface area contributed by atoms with Crippen LogP contribution in [0.1, 0.15) is 11.3 Å². The molecule has 0 unspecified atom stereocenters. The Morgan fingerprint density at radius 1 is 1.15 bits per heavy atom. The minimum absolute atomic E-state index is 0.105. The summed E-state index contributed by atoms with van der Waals surface area (Å²) in [6.45, 7) is 5.66. The van der Waals surface area contributed by atoms with E-state index in [2.05, 4.69) is 22.4 Å². The Hall–Kier alpha value is -4.53. The maximum atomic E-state index is 13.3. The highest BCUT2D eigenvalue weighted by atomic mass is 16.7. The molecule has 0 saturated carbocycles. The number of aliphatic imine (C=N–C) groups is 1. The van der Waals surface area contributed by atoms with Gasteiger partial charge in [0.05, 0.1) is 0 Å². The van der Waals surface area contributed by atoms with Crippen molar-refractivity contribution in [2.24, 2.45) is 4.99 Å². The lowest BCUT2D eigenvalue weighted by molar-refractivity contribution is -0.116. The molecule has 33 heavy (non-hydrogen) atoms. The van der Waals surface area contributed by atoms with E-state index in [1.165, 1.54) is 4.57 Å². The summed E-state index contributed by atoms with van der Waals surface area (Å²) < 4.78 is 12.0. The molecule has 0 bridgehead atoms. The van der Waals surface area contributed by atoms with Crippen molar-refractivity contribution in [3.05, 3.63) is 86.6 Å². The van der Waals surface area contributed by atoms with Crippen molar-refractivity contribution in [3.8, 4) is 11.5 Å². The van der Waals surface area contributed by atoms with Gasteiger partial charge in [0, 0.05) is 23.0 Å². The summed E-state index contributed by atoms with van der Waals surface area (Å²) in [5.41, 5.74) is 4.26. The summed E-state index contributed by atoms with van der Waals surface area (Å²) in [7, 11) is 0. The van der Waals surface area contributed by atoms with E-state index in [1.807, 2.05) is 30.3 Å². The first kappa shape index (κ1) is 20.4. The van der Waals surface area contributed by atoms with Gasteiger partial charge in [-0.15, -0.1) is 0 Å². The molecule has 0 atom stereocenters. The second-order valence-electron chi connectivity index (χ2n) is 7.53. The second-order valence-corrected chi connectivity index (χ2v) is 7.53. The van der Waals surface area contributed by atoms with E-state index in [1.54, 1.807) is 31.2 Å². The number of aromatic nitrogens is 1. The summed E-state index contributed by atoms with van der Waals surface area (Å²) in [4.78, 5) is 35.9. The molecule has 2 aromatic carbocycles. The number of anilines is 1. The van der Waals surface area contributed by atoms with Crippen LogP contribution in [-0.2, 0) is 16.2 Å². The number of hydrogen-bond donors (Lipinski definition) is 2. The molecule has 2 aliphatic heterocycles. The van der Waals surface area contributed by atoms with Crippen molar-refractivity contribution < 1.29 is 19.1 Å². The van der Waals surface area contributed by atoms with E-state index in [0.717, 1.165) is 5.56 Å². The average molecular weight is 444 g/mol. The molecular formula is C24H20N4O5. The fraction of sp³-hybridized carbons (Fsp3) is 0.125. The molecule has 3 aromatic rings. The number of pyridine rings is 1. The van der Waals surface area contributed by atoms with Crippen LogP contribution in [0.25, 0.3) is 12.5 Å². The van der Waals surface area contributed by atoms with Gasteiger partial charge >= 0.3 is 0 Å². The number of nitrogens with zero attached hydrogens (tertiary/aromatic N) is 2. The maximum Gasteiger partial charge on any atom is 0.264 e. The molecule has 9 heteroatoms. The highest BCUT2D eigenvalue weighted by Crippen LogP contribution is 2.34. The van der Waals surface area contributed by atoms with E-state index in [0.29, 0.717) is 33.9 Å². The van der Waals surface area contributed by atoms with Gasteiger partial charge in [0.15, 0.2) is 17.3 Å². The zero-order valence-corrected chi connectivity index (χ0v) is 17.8. The minimum atomic E-state index is -0.421. The molecule has 0 spiro atoms. The van der Waals surface area contributed by atoms with Crippen molar-refractivity contribution in [1.29, 1.82) is 0 Å². The predicted octanol–water partition coefficient (Wildman–Crippen LogP) is 0.982. The largest absolute Gasteiger partial charge is 0.454 e.